The van der Waals surface area contributed by atoms with Crippen molar-refractivity contribution in [2.45, 2.75) is 180 Å². The minimum absolute atomic E-state index is 0. The predicted octanol–water partition coefficient (Wildman–Crippen LogP) is 10.3. The van der Waals surface area contributed by atoms with Gasteiger partial charge in [0.15, 0.2) is 0 Å². The minimum atomic E-state index is -0.316. The molecule has 0 fully saturated rings. The van der Waals surface area contributed by atoms with Gasteiger partial charge in [-0.25, -0.2) is 0 Å². The molecule has 7 heteroatoms. The largest absolute Gasteiger partial charge is 0.330 e. The van der Waals surface area contributed by atoms with Gasteiger partial charge in [-0.15, -0.1) is 0 Å². The molecule has 0 saturated heterocycles. The SMILES string of the molecule is C.C.C.C.C.CC(=O)CCCCC(=O)Cl.CCCCCCCN.CNCCCCCCCC(=O)CCCCC(C)=O. The van der Waals surface area contributed by atoms with Crippen LogP contribution in [-0.2, 0) is 19.2 Å². The van der Waals surface area contributed by atoms with E-state index in [1.807, 2.05) is 7.05 Å². The van der Waals surface area contributed by atoms with Crippen molar-refractivity contribution in [3.8, 4) is 0 Å². The van der Waals surface area contributed by atoms with E-state index in [-0.39, 0.29) is 53.9 Å². The second-order valence-corrected chi connectivity index (χ2v) is 9.96. The van der Waals surface area contributed by atoms with Gasteiger partial charge >= 0.3 is 0 Å². The topological polar surface area (TPSA) is 106 Å². The lowest BCUT2D eigenvalue weighted by Gasteiger charge is -2.02. The number of carbonyl (C=O) groups excluding carboxylic acids is 4. The van der Waals surface area contributed by atoms with Gasteiger partial charge in [-0.2, -0.15) is 0 Å². The van der Waals surface area contributed by atoms with E-state index in [1.165, 1.54) is 57.8 Å². The normalized spacial score (nSPS) is 8.83. The van der Waals surface area contributed by atoms with Crippen molar-refractivity contribution in [1.82, 2.24) is 5.32 Å². The Morgan fingerprint density at radius 3 is 1.34 bits per heavy atom. The van der Waals surface area contributed by atoms with Crippen LogP contribution >= 0.6 is 11.6 Å². The molecule has 0 aliphatic rings. The first-order valence-corrected chi connectivity index (χ1v) is 14.6. The summed E-state index contributed by atoms with van der Waals surface area (Å²) < 4.78 is 0. The van der Waals surface area contributed by atoms with Gasteiger partial charge in [0.2, 0.25) is 5.24 Å². The molecule has 0 rings (SSSR count). The molecule has 254 valence electrons. The molecule has 0 bridgehead atoms. The molecule has 3 N–H and O–H groups in total. The molecule has 0 atom stereocenters. The molecule has 0 radical (unpaired) electrons. The molecule has 6 nitrogen and oxygen atoms in total. The number of ketones is 3. The van der Waals surface area contributed by atoms with Crippen LogP contribution in [0, 0.1) is 0 Å². The van der Waals surface area contributed by atoms with Crippen LogP contribution in [0.5, 0.6) is 0 Å². The van der Waals surface area contributed by atoms with Crippen LogP contribution in [0.25, 0.3) is 0 Å². The summed E-state index contributed by atoms with van der Waals surface area (Å²) in [5, 5.41) is 2.82. The average Bonchev–Trinajstić information content (AvgIpc) is 2.82. The zero-order valence-corrected chi connectivity index (χ0v) is 24.7. The Bertz CT molecular complexity index is 507. The van der Waals surface area contributed by atoms with Gasteiger partial charge in [0.25, 0.3) is 0 Å². The quantitative estimate of drug-likeness (QED) is 0.0877. The Morgan fingerprint density at radius 2 is 0.927 bits per heavy atom. The number of halogens is 1. The summed E-state index contributed by atoms with van der Waals surface area (Å²) in [6.45, 7) is 7.33. The molecular formula is C34H77ClN2O4. The maximum Gasteiger partial charge on any atom is 0.221 e. The third kappa shape index (κ3) is 73.2. The van der Waals surface area contributed by atoms with Crippen molar-refractivity contribution < 1.29 is 19.2 Å². The van der Waals surface area contributed by atoms with Gasteiger partial charge in [0, 0.05) is 32.1 Å². The van der Waals surface area contributed by atoms with Crippen molar-refractivity contribution >= 4 is 34.2 Å². The van der Waals surface area contributed by atoms with Gasteiger partial charge in [-0.3, -0.25) is 9.59 Å². The molecule has 0 aromatic heterocycles. The molecule has 41 heavy (non-hydrogen) atoms. The van der Waals surface area contributed by atoms with Crippen LogP contribution in [-0.4, -0.2) is 42.7 Å². The van der Waals surface area contributed by atoms with E-state index in [9.17, 15) is 19.2 Å². The summed E-state index contributed by atoms with van der Waals surface area (Å²) in [6, 6.07) is 0. The molecule has 0 spiro atoms. The van der Waals surface area contributed by atoms with Crippen LogP contribution in [0.4, 0.5) is 0 Å². The maximum absolute atomic E-state index is 11.5. The Balaban J connectivity index is -0.0000000683. The molecule has 0 heterocycles. The third-order valence-corrected chi connectivity index (χ3v) is 5.77. The summed E-state index contributed by atoms with van der Waals surface area (Å²) >= 11 is 5.07. The average molecular weight is 613 g/mol. The fraction of sp³-hybridized carbons (Fsp3) is 0.882. The second-order valence-electron chi connectivity index (χ2n) is 9.54. The van der Waals surface area contributed by atoms with Gasteiger partial charge in [-0.05, 0) is 90.5 Å². The zero-order valence-electron chi connectivity index (χ0n) is 23.9. The number of hydrogen-bond acceptors (Lipinski definition) is 6. The van der Waals surface area contributed by atoms with Crippen molar-refractivity contribution in [3.05, 3.63) is 0 Å². The molecule has 0 aliphatic carbocycles. The van der Waals surface area contributed by atoms with Crippen LogP contribution in [0.2, 0.25) is 0 Å². The lowest BCUT2D eigenvalue weighted by molar-refractivity contribution is -0.120. The lowest BCUT2D eigenvalue weighted by atomic mass is 10.0. The van der Waals surface area contributed by atoms with Crippen LogP contribution in [0.3, 0.4) is 0 Å². The smallest absolute Gasteiger partial charge is 0.221 e. The van der Waals surface area contributed by atoms with E-state index < -0.39 is 0 Å². The number of rotatable bonds is 23. The highest BCUT2D eigenvalue weighted by molar-refractivity contribution is 6.63. The molecular weight excluding hydrogens is 536 g/mol. The van der Waals surface area contributed by atoms with Crippen LogP contribution in [0.15, 0.2) is 0 Å². The number of nitrogens with one attached hydrogen (secondary N) is 1. The first kappa shape index (κ1) is 59.3. The summed E-state index contributed by atoms with van der Waals surface area (Å²) in [7, 11) is 1.98. The Morgan fingerprint density at radius 1 is 0.561 bits per heavy atom. The van der Waals surface area contributed by atoms with Gasteiger partial charge in [0.1, 0.15) is 17.3 Å². The zero-order chi connectivity index (χ0) is 27.9. The fourth-order valence-electron chi connectivity index (χ4n) is 3.36. The third-order valence-electron chi connectivity index (χ3n) is 5.58. The molecule has 0 unspecified atom stereocenters. The van der Waals surface area contributed by atoms with Gasteiger partial charge in [0.05, 0.1) is 0 Å². The first-order valence-electron chi connectivity index (χ1n) is 14.2. The standard InChI is InChI=1S/C15H29NO2.C7H11ClO2.C7H17N.5CH4/c1-14(17)10-7-8-12-15(18)11-6-4-3-5-9-13-16-2;1-6(9)4-2-3-5-7(8)10;1-2-3-4-5-6-7-8;;;;;/h16H,3-13H2,1-2H3;2-5H2,1H3;2-8H2,1H3;5*1H4. The highest BCUT2D eigenvalue weighted by Gasteiger charge is 2.02. The van der Waals surface area contributed by atoms with E-state index in [2.05, 4.69) is 12.2 Å². The monoisotopic (exact) mass is 613 g/mol. The highest BCUT2D eigenvalue weighted by atomic mass is 35.5. The lowest BCUT2D eigenvalue weighted by Crippen LogP contribution is -2.06. The first-order chi connectivity index (χ1) is 17.2. The van der Waals surface area contributed by atoms with Crippen molar-refractivity contribution in [2.75, 3.05) is 20.1 Å². The van der Waals surface area contributed by atoms with E-state index in [1.54, 1.807) is 13.8 Å². The number of Topliss-reactive ketones (excluding diaryl/α,β-unsaturated/α-hetero) is 3. The molecule has 0 saturated carbocycles. The van der Waals surface area contributed by atoms with E-state index in [0.717, 1.165) is 51.6 Å². The second kappa shape index (κ2) is 51.6. The van der Waals surface area contributed by atoms with E-state index >= 15 is 0 Å². The summed E-state index contributed by atoms with van der Waals surface area (Å²) in [5.74, 6) is 0.764. The highest BCUT2D eigenvalue weighted by Crippen LogP contribution is 2.09. The predicted molar refractivity (Wildman–Crippen MR) is 187 cm³/mol. The summed E-state index contributed by atoms with van der Waals surface area (Å²) in [6.07, 6.45) is 18.7. The number of unbranched alkanes of at least 4 members (excludes halogenated alkanes) is 10. The summed E-state index contributed by atoms with van der Waals surface area (Å²) in [4.78, 5) is 42.8. The van der Waals surface area contributed by atoms with Crippen molar-refractivity contribution in [2.24, 2.45) is 5.73 Å². The molecule has 0 amide bonds. The summed E-state index contributed by atoms with van der Waals surface area (Å²) in [5.41, 5.74) is 5.31. The van der Waals surface area contributed by atoms with Crippen molar-refractivity contribution in [3.63, 3.8) is 0 Å². The maximum atomic E-state index is 11.5. The Kier molecular flexibility index (Phi) is 74.7. The van der Waals surface area contributed by atoms with E-state index in [4.69, 9.17) is 17.3 Å². The molecule has 0 aromatic rings. The van der Waals surface area contributed by atoms with Crippen LogP contribution in [0.1, 0.15) is 180 Å². The Hall–Kier alpha value is -1.11. The van der Waals surface area contributed by atoms with E-state index in [0.29, 0.717) is 31.5 Å². The minimum Gasteiger partial charge on any atom is -0.330 e. The fourth-order valence-corrected chi connectivity index (χ4v) is 3.49. The van der Waals surface area contributed by atoms with Gasteiger partial charge in [-0.1, -0.05) is 89.0 Å². The van der Waals surface area contributed by atoms with Crippen molar-refractivity contribution in [1.29, 1.82) is 0 Å². The Labute approximate surface area is 264 Å². The number of carbonyl (C=O) groups is 4. The number of hydrogen-bond donors (Lipinski definition) is 2. The number of nitrogens with two attached hydrogens (primary N) is 1. The van der Waals surface area contributed by atoms with Crippen LogP contribution < -0.4 is 11.1 Å². The van der Waals surface area contributed by atoms with Gasteiger partial charge < -0.3 is 20.6 Å². The molecule has 0 aliphatic heterocycles. The molecule has 0 aromatic carbocycles.